The molecule has 8 N–H and O–H groups in total. The Morgan fingerprint density at radius 2 is 1.00 bits per heavy atom. The molecule has 16 heteroatoms. The van der Waals surface area contributed by atoms with Gasteiger partial charge in [-0.1, -0.05) is 79.9 Å². The number of carbonyl (C=O) groups excluding carboxylic acids is 8. The summed E-state index contributed by atoms with van der Waals surface area (Å²) in [4.78, 5) is 103. The number of hydrogen-bond acceptors (Lipinski definition) is 12. The quantitative estimate of drug-likeness (QED) is 0.0517. The van der Waals surface area contributed by atoms with Gasteiger partial charge in [-0.15, -0.1) is 0 Å². The average molecular weight is 897 g/mol. The van der Waals surface area contributed by atoms with Crippen molar-refractivity contribution in [3.8, 4) is 0 Å². The molecule has 0 spiro atoms. The van der Waals surface area contributed by atoms with Gasteiger partial charge in [-0.3, -0.25) is 38.4 Å². The third kappa shape index (κ3) is 25.0. The van der Waals surface area contributed by atoms with Crippen LogP contribution in [0.4, 0.5) is 0 Å². The van der Waals surface area contributed by atoms with Crippen LogP contribution in [0.5, 0.6) is 0 Å². The maximum Gasteiger partial charge on any atom is 0.312 e. The molecular formula is C48H72N4O12+2. The fraction of sp³-hybridized carbons (Fsp3) is 0.583. The van der Waals surface area contributed by atoms with E-state index in [0.717, 1.165) is 24.0 Å². The number of hydrogen-bond donors (Lipinski definition) is 4. The van der Waals surface area contributed by atoms with Gasteiger partial charge in [0.15, 0.2) is 23.7 Å². The summed E-state index contributed by atoms with van der Waals surface area (Å²) in [6.07, 6.45) is 2.57. The van der Waals surface area contributed by atoms with E-state index in [9.17, 15) is 38.4 Å². The Bertz CT molecular complexity index is 1680. The van der Waals surface area contributed by atoms with E-state index >= 15 is 0 Å². The molecule has 2 aromatic carbocycles. The normalized spacial score (nSPS) is 13.3. The largest absolute Gasteiger partial charge is 0.461 e. The molecule has 2 amide bonds. The van der Waals surface area contributed by atoms with E-state index in [1.54, 1.807) is 41.5 Å². The average Bonchev–Trinajstić information content (AvgIpc) is 3.22. The third-order valence-corrected chi connectivity index (χ3v) is 9.73. The Morgan fingerprint density at radius 1 is 0.531 bits per heavy atom. The number of quaternary nitrogens is 2. The molecular weight excluding hydrogens is 825 g/mol. The number of nitrogens with one attached hydrogen (secondary N) is 2. The van der Waals surface area contributed by atoms with Crippen molar-refractivity contribution >= 4 is 47.3 Å². The second-order valence-electron chi connectivity index (χ2n) is 18.0. The highest BCUT2D eigenvalue weighted by Gasteiger charge is 2.31. The molecule has 0 fully saturated rings. The number of unbranched alkanes of at least 4 members (excludes halogenated alkanes) is 4. The molecule has 2 aromatic rings. The van der Waals surface area contributed by atoms with Gasteiger partial charge in [0.05, 0.1) is 6.04 Å². The lowest BCUT2D eigenvalue weighted by Gasteiger charge is -2.21. The Balaban J connectivity index is 1.89. The number of benzene rings is 2. The molecule has 2 rings (SSSR count). The van der Waals surface area contributed by atoms with E-state index < -0.39 is 76.7 Å². The second-order valence-corrected chi connectivity index (χ2v) is 18.0. The monoisotopic (exact) mass is 897 g/mol. The maximum absolute atomic E-state index is 13.4. The van der Waals surface area contributed by atoms with E-state index in [-0.39, 0.29) is 70.4 Å². The zero-order chi connectivity index (χ0) is 47.7. The van der Waals surface area contributed by atoms with E-state index in [1.165, 1.54) is 0 Å². The molecule has 0 aliphatic carbocycles. The maximum atomic E-state index is 13.4. The fourth-order valence-corrected chi connectivity index (χ4v) is 6.37. The van der Waals surface area contributed by atoms with Crippen molar-refractivity contribution < 1.29 is 68.8 Å². The molecule has 16 nitrogen and oxygen atoms in total. The number of rotatable bonds is 29. The molecule has 0 saturated carbocycles. The first-order valence-corrected chi connectivity index (χ1v) is 22.2. The standard InChI is InChI=1S/C48H70N4O12/c1-47(2,3)63-43(57)29-36(49)40(54)28-35(23-25-41(55)61-31-33-18-12-10-13-19-33)45(59)51-27-17-9-7-8-16-22-39(53)38(24-26-42(56)62-32-34-20-14-11-15-21-34)52-46(60)37(50)30-44(58)64-48(4,5)6/h10-15,18-21,35-38H,7-9,16-17,22-32,49-50H2,1-6H3,(H,51,59)(H,52,60)/p+2/t35-,36+,37+,38+/m1/s1. The van der Waals surface area contributed by atoms with Gasteiger partial charge < -0.3 is 41.0 Å². The number of ether oxygens (including phenoxy) is 4. The van der Waals surface area contributed by atoms with Crippen molar-refractivity contribution in [3.05, 3.63) is 71.8 Å². The smallest absolute Gasteiger partial charge is 0.312 e. The Kier molecular flexibility index (Phi) is 24.2. The van der Waals surface area contributed by atoms with Crippen molar-refractivity contribution in [1.82, 2.24) is 10.6 Å². The zero-order valence-electron chi connectivity index (χ0n) is 38.7. The zero-order valence-corrected chi connectivity index (χ0v) is 38.7. The summed E-state index contributed by atoms with van der Waals surface area (Å²) in [6, 6.07) is 15.4. The fourth-order valence-electron chi connectivity index (χ4n) is 6.37. The second kappa shape index (κ2) is 28.3. The Morgan fingerprint density at radius 3 is 1.52 bits per heavy atom. The molecule has 64 heavy (non-hydrogen) atoms. The minimum atomic E-state index is -1.02. The van der Waals surface area contributed by atoms with Crippen LogP contribution in [-0.2, 0) is 70.5 Å². The predicted octanol–water partition coefficient (Wildman–Crippen LogP) is 3.80. The molecule has 0 saturated heterocycles. The SMILES string of the molecule is CC(C)(C)OC(=O)C[C@H]([NH3+])C(=O)C[C@@H](CCC(=O)OCc1ccccc1)C(=O)NCCCCCCCC(=O)[C@H](CCC(=O)OCc1ccccc1)NC(=O)[C@@H]([NH3+])CC(=O)OC(C)(C)C. The lowest BCUT2D eigenvalue weighted by Crippen LogP contribution is -2.69. The van der Waals surface area contributed by atoms with E-state index in [2.05, 4.69) is 22.1 Å². The first-order chi connectivity index (χ1) is 30.1. The van der Waals surface area contributed by atoms with E-state index in [0.29, 0.717) is 25.8 Å². The minimum absolute atomic E-state index is 0.0116. The first kappa shape index (κ1) is 54.7. The summed E-state index contributed by atoms with van der Waals surface area (Å²) >= 11 is 0. The van der Waals surface area contributed by atoms with Crippen LogP contribution < -0.4 is 22.1 Å². The molecule has 0 aliphatic heterocycles. The molecule has 4 atom stereocenters. The van der Waals surface area contributed by atoms with Gasteiger partial charge in [0.2, 0.25) is 5.91 Å². The van der Waals surface area contributed by atoms with Crippen molar-refractivity contribution in [2.24, 2.45) is 5.92 Å². The van der Waals surface area contributed by atoms with Gasteiger partial charge in [-0.05, 0) is 78.4 Å². The van der Waals surface area contributed by atoms with Crippen molar-refractivity contribution in [1.29, 1.82) is 0 Å². The molecule has 0 heterocycles. The minimum Gasteiger partial charge on any atom is -0.461 e. The number of esters is 4. The van der Waals surface area contributed by atoms with Crippen LogP contribution >= 0.6 is 0 Å². The molecule has 0 radical (unpaired) electrons. The van der Waals surface area contributed by atoms with Crippen molar-refractivity contribution in [2.75, 3.05) is 6.54 Å². The molecule has 354 valence electrons. The van der Waals surface area contributed by atoms with Crippen LogP contribution in [0.3, 0.4) is 0 Å². The number of amides is 2. The highest BCUT2D eigenvalue weighted by atomic mass is 16.6. The summed E-state index contributed by atoms with van der Waals surface area (Å²) < 4.78 is 21.4. The Labute approximate surface area is 377 Å². The topological polar surface area (TPSA) is 253 Å². The van der Waals surface area contributed by atoms with Crippen LogP contribution in [-0.4, -0.2) is 83.1 Å². The van der Waals surface area contributed by atoms with Gasteiger partial charge in [-0.25, -0.2) is 0 Å². The number of ketones is 2. The summed E-state index contributed by atoms with van der Waals surface area (Å²) in [5, 5.41) is 5.56. The van der Waals surface area contributed by atoms with Crippen molar-refractivity contribution in [3.63, 3.8) is 0 Å². The number of carbonyl (C=O) groups is 8. The van der Waals surface area contributed by atoms with Gasteiger partial charge in [0, 0.05) is 38.1 Å². The van der Waals surface area contributed by atoms with E-state index in [1.807, 2.05) is 60.7 Å². The predicted molar refractivity (Wildman–Crippen MR) is 236 cm³/mol. The summed E-state index contributed by atoms with van der Waals surface area (Å²) in [5.41, 5.74) is 7.78. The van der Waals surface area contributed by atoms with Crippen LogP contribution in [0.15, 0.2) is 60.7 Å². The summed E-state index contributed by atoms with van der Waals surface area (Å²) in [7, 11) is 0. The lowest BCUT2D eigenvalue weighted by atomic mass is 9.92. The van der Waals surface area contributed by atoms with Crippen LogP contribution in [0.2, 0.25) is 0 Å². The molecule has 0 aliphatic rings. The molecule has 0 unspecified atom stereocenters. The highest BCUT2D eigenvalue weighted by Crippen LogP contribution is 2.17. The third-order valence-electron chi connectivity index (χ3n) is 9.73. The van der Waals surface area contributed by atoms with Crippen LogP contribution in [0.1, 0.15) is 136 Å². The van der Waals surface area contributed by atoms with Crippen LogP contribution in [0, 0.1) is 5.92 Å². The van der Waals surface area contributed by atoms with Gasteiger partial charge in [0.25, 0.3) is 5.91 Å². The van der Waals surface area contributed by atoms with Gasteiger partial charge in [-0.2, -0.15) is 0 Å². The number of Topliss-reactive ketones (excluding diaryl/α,β-unsaturated/α-hetero) is 2. The molecule has 0 aromatic heterocycles. The van der Waals surface area contributed by atoms with Gasteiger partial charge in [0.1, 0.15) is 37.3 Å². The van der Waals surface area contributed by atoms with Crippen molar-refractivity contribution in [2.45, 2.75) is 168 Å². The van der Waals surface area contributed by atoms with Gasteiger partial charge >= 0.3 is 23.9 Å². The van der Waals surface area contributed by atoms with Crippen LogP contribution in [0.25, 0.3) is 0 Å². The first-order valence-electron chi connectivity index (χ1n) is 22.2. The Hall–Kier alpha value is -5.48. The lowest BCUT2D eigenvalue weighted by molar-refractivity contribution is -0.403. The summed E-state index contributed by atoms with van der Waals surface area (Å²) in [5.74, 6) is -4.70. The van der Waals surface area contributed by atoms with E-state index in [4.69, 9.17) is 18.9 Å². The molecule has 0 bridgehead atoms. The summed E-state index contributed by atoms with van der Waals surface area (Å²) in [6.45, 7) is 10.8. The highest BCUT2D eigenvalue weighted by molar-refractivity contribution is 5.92.